The molecular weight excluding hydrogens is 245 g/mol. The molecule has 92 valence electrons. The molecule has 1 aromatic rings. The van der Waals surface area contributed by atoms with E-state index in [0.29, 0.717) is 4.90 Å². The minimum atomic E-state index is -1.11. The van der Waals surface area contributed by atoms with Crippen molar-refractivity contribution in [2.24, 2.45) is 0 Å². The van der Waals surface area contributed by atoms with Crippen molar-refractivity contribution < 1.29 is 19.1 Å². The van der Waals surface area contributed by atoms with Gasteiger partial charge in [0.1, 0.15) is 11.9 Å². The van der Waals surface area contributed by atoms with Crippen LogP contribution >= 0.6 is 11.8 Å². The maximum absolute atomic E-state index is 12.9. The smallest absolute Gasteiger partial charge is 0.327 e. The predicted molar refractivity (Wildman–Crippen MR) is 62.4 cm³/mol. The Kier molecular flexibility index (Phi) is 4.96. The van der Waals surface area contributed by atoms with Gasteiger partial charge in [-0.2, -0.15) is 0 Å². The monoisotopic (exact) mass is 257 g/mol. The largest absolute Gasteiger partial charge is 0.480 e. The van der Waals surface area contributed by atoms with Gasteiger partial charge in [0.15, 0.2) is 0 Å². The minimum Gasteiger partial charge on any atom is -0.480 e. The molecule has 1 unspecified atom stereocenters. The van der Waals surface area contributed by atoms with E-state index >= 15 is 0 Å². The molecule has 0 aliphatic heterocycles. The highest BCUT2D eigenvalue weighted by Crippen LogP contribution is 2.19. The Morgan fingerprint density at radius 2 is 2.24 bits per heavy atom. The van der Waals surface area contributed by atoms with Gasteiger partial charge in [-0.05, 0) is 18.2 Å². The Morgan fingerprint density at radius 3 is 2.76 bits per heavy atom. The summed E-state index contributed by atoms with van der Waals surface area (Å²) in [5.74, 6) is -1.74. The van der Waals surface area contributed by atoms with E-state index in [-0.39, 0.29) is 11.6 Å². The van der Waals surface area contributed by atoms with Gasteiger partial charge in [-0.3, -0.25) is 4.79 Å². The number of amides is 1. The van der Waals surface area contributed by atoms with Crippen LogP contribution in [-0.2, 0) is 9.59 Å². The molecule has 0 fully saturated rings. The summed E-state index contributed by atoms with van der Waals surface area (Å²) in [6.45, 7) is 1.25. The molecule has 0 aliphatic rings. The van der Waals surface area contributed by atoms with E-state index in [1.807, 2.05) is 0 Å². The zero-order valence-electron chi connectivity index (χ0n) is 9.14. The Labute approximate surface area is 102 Å². The van der Waals surface area contributed by atoms with Crippen LogP contribution in [-0.4, -0.2) is 28.8 Å². The highest BCUT2D eigenvalue weighted by Gasteiger charge is 2.18. The molecule has 2 N–H and O–H groups in total. The Morgan fingerprint density at radius 1 is 1.53 bits per heavy atom. The number of aliphatic carboxylic acids is 1. The number of hydrogen-bond donors (Lipinski definition) is 2. The van der Waals surface area contributed by atoms with Crippen LogP contribution in [0.4, 0.5) is 4.39 Å². The zero-order valence-corrected chi connectivity index (χ0v) is 9.96. The van der Waals surface area contributed by atoms with Gasteiger partial charge in [0.05, 0.1) is 0 Å². The van der Waals surface area contributed by atoms with Crippen LogP contribution in [0.5, 0.6) is 0 Å². The van der Waals surface area contributed by atoms with E-state index in [4.69, 9.17) is 5.11 Å². The van der Waals surface area contributed by atoms with Crippen molar-refractivity contribution in [1.29, 1.82) is 0 Å². The zero-order chi connectivity index (χ0) is 12.8. The lowest BCUT2D eigenvalue weighted by Gasteiger charge is -2.12. The van der Waals surface area contributed by atoms with Gasteiger partial charge in [0, 0.05) is 17.6 Å². The van der Waals surface area contributed by atoms with Gasteiger partial charge < -0.3 is 10.4 Å². The maximum Gasteiger partial charge on any atom is 0.327 e. The van der Waals surface area contributed by atoms with E-state index < -0.39 is 17.9 Å². The summed E-state index contributed by atoms with van der Waals surface area (Å²) in [5.41, 5.74) is 0. The fourth-order valence-corrected chi connectivity index (χ4v) is 2.11. The third kappa shape index (κ3) is 4.86. The quantitative estimate of drug-likeness (QED) is 0.785. The van der Waals surface area contributed by atoms with Crippen molar-refractivity contribution in [3.63, 3.8) is 0 Å². The van der Waals surface area contributed by atoms with Gasteiger partial charge in [0.25, 0.3) is 0 Å². The summed E-state index contributed by atoms with van der Waals surface area (Å²) >= 11 is 1.18. The SMILES string of the molecule is CC(=O)NC(CSc1cccc(F)c1)C(=O)O. The molecule has 1 rings (SSSR count). The fraction of sp³-hybridized carbons (Fsp3) is 0.273. The third-order valence-corrected chi connectivity index (χ3v) is 2.98. The second kappa shape index (κ2) is 6.24. The number of nitrogens with one attached hydrogen (secondary N) is 1. The van der Waals surface area contributed by atoms with Crippen LogP contribution in [0.25, 0.3) is 0 Å². The predicted octanol–water partition coefficient (Wildman–Crippen LogP) is 1.51. The Bertz CT molecular complexity index is 425. The molecule has 0 bridgehead atoms. The van der Waals surface area contributed by atoms with E-state index in [1.165, 1.54) is 30.8 Å². The number of halogens is 1. The van der Waals surface area contributed by atoms with E-state index in [1.54, 1.807) is 12.1 Å². The summed E-state index contributed by atoms with van der Waals surface area (Å²) in [6.07, 6.45) is 0. The van der Waals surface area contributed by atoms with Gasteiger partial charge >= 0.3 is 5.97 Å². The van der Waals surface area contributed by atoms with Crippen molar-refractivity contribution in [2.75, 3.05) is 5.75 Å². The molecule has 6 heteroatoms. The van der Waals surface area contributed by atoms with Crippen LogP contribution in [0.3, 0.4) is 0 Å². The molecule has 0 spiro atoms. The summed E-state index contributed by atoms with van der Waals surface area (Å²) in [5, 5.41) is 11.2. The highest BCUT2D eigenvalue weighted by atomic mass is 32.2. The lowest BCUT2D eigenvalue weighted by molar-refractivity contribution is -0.140. The lowest BCUT2D eigenvalue weighted by Crippen LogP contribution is -2.41. The average Bonchev–Trinajstić information content (AvgIpc) is 2.23. The first kappa shape index (κ1) is 13.5. The first-order valence-corrected chi connectivity index (χ1v) is 5.86. The number of carboxylic acids is 1. The molecule has 1 amide bonds. The number of carbonyl (C=O) groups excluding carboxylic acids is 1. The lowest BCUT2D eigenvalue weighted by atomic mass is 10.3. The van der Waals surface area contributed by atoms with Crippen LogP contribution in [0.2, 0.25) is 0 Å². The molecule has 4 nitrogen and oxygen atoms in total. The van der Waals surface area contributed by atoms with E-state index in [2.05, 4.69) is 5.32 Å². The van der Waals surface area contributed by atoms with Crippen LogP contribution in [0.15, 0.2) is 29.2 Å². The number of carboxylic acid groups (broad SMARTS) is 1. The number of thioether (sulfide) groups is 1. The molecule has 1 aromatic carbocycles. The van der Waals surface area contributed by atoms with Crippen LogP contribution < -0.4 is 5.32 Å². The Hall–Kier alpha value is -1.56. The number of carbonyl (C=O) groups is 2. The van der Waals surface area contributed by atoms with Crippen molar-refractivity contribution in [1.82, 2.24) is 5.32 Å². The first-order chi connectivity index (χ1) is 7.99. The van der Waals surface area contributed by atoms with Gasteiger partial charge in [-0.15, -0.1) is 11.8 Å². The molecule has 0 heterocycles. The first-order valence-electron chi connectivity index (χ1n) is 4.87. The average molecular weight is 257 g/mol. The fourth-order valence-electron chi connectivity index (χ4n) is 1.16. The van der Waals surface area contributed by atoms with Crippen LogP contribution in [0.1, 0.15) is 6.92 Å². The molecule has 1 atom stereocenters. The van der Waals surface area contributed by atoms with E-state index in [0.717, 1.165) is 0 Å². The second-order valence-corrected chi connectivity index (χ2v) is 4.45. The Balaban J connectivity index is 2.57. The van der Waals surface area contributed by atoms with Crippen LogP contribution in [0, 0.1) is 5.82 Å². The van der Waals surface area contributed by atoms with Gasteiger partial charge in [-0.25, -0.2) is 9.18 Å². The highest BCUT2D eigenvalue weighted by molar-refractivity contribution is 7.99. The van der Waals surface area contributed by atoms with Gasteiger partial charge in [0.2, 0.25) is 5.91 Å². The van der Waals surface area contributed by atoms with E-state index in [9.17, 15) is 14.0 Å². The van der Waals surface area contributed by atoms with Crippen molar-refractivity contribution in [2.45, 2.75) is 17.9 Å². The molecule has 0 saturated heterocycles. The third-order valence-electron chi connectivity index (χ3n) is 1.89. The summed E-state index contributed by atoms with van der Waals surface area (Å²) in [6, 6.07) is 4.89. The molecular formula is C11H12FNO3S. The maximum atomic E-state index is 12.9. The topological polar surface area (TPSA) is 66.4 Å². The summed E-state index contributed by atoms with van der Waals surface area (Å²) in [7, 11) is 0. The van der Waals surface area contributed by atoms with Crippen molar-refractivity contribution >= 4 is 23.6 Å². The minimum absolute atomic E-state index is 0.151. The number of hydrogen-bond acceptors (Lipinski definition) is 3. The second-order valence-electron chi connectivity index (χ2n) is 3.36. The van der Waals surface area contributed by atoms with Crippen molar-refractivity contribution in [3.05, 3.63) is 30.1 Å². The summed E-state index contributed by atoms with van der Waals surface area (Å²) < 4.78 is 12.9. The summed E-state index contributed by atoms with van der Waals surface area (Å²) in [4.78, 5) is 22.2. The molecule has 0 aliphatic carbocycles. The number of rotatable bonds is 5. The van der Waals surface area contributed by atoms with Gasteiger partial charge in [-0.1, -0.05) is 6.07 Å². The van der Waals surface area contributed by atoms with Crippen molar-refractivity contribution in [3.8, 4) is 0 Å². The standard InChI is InChI=1S/C11H12FNO3S/c1-7(14)13-10(11(15)16)6-17-9-4-2-3-8(12)5-9/h2-5,10H,6H2,1H3,(H,13,14)(H,15,16). The molecule has 0 radical (unpaired) electrons. The molecule has 0 saturated carbocycles. The molecule has 0 aromatic heterocycles. The normalized spacial score (nSPS) is 11.9. The molecule has 17 heavy (non-hydrogen) atoms. The number of benzene rings is 1.